The van der Waals surface area contributed by atoms with Gasteiger partial charge in [0.2, 0.25) is 0 Å². The van der Waals surface area contributed by atoms with Crippen molar-refractivity contribution in [2.45, 2.75) is 34.6 Å². The number of hydrogen-bond acceptors (Lipinski definition) is 7. The number of anilines is 1. The lowest BCUT2D eigenvalue weighted by Gasteiger charge is -2.08. The van der Waals surface area contributed by atoms with Gasteiger partial charge in [0.15, 0.2) is 12.4 Å². The third kappa shape index (κ3) is 5.51. The van der Waals surface area contributed by atoms with Crippen LogP contribution in [0.1, 0.15) is 60.9 Å². The number of rotatable bonds is 7. The minimum atomic E-state index is -0.628. The molecule has 1 aromatic carbocycles. The van der Waals surface area contributed by atoms with Crippen LogP contribution in [0.4, 0.5) is 5.00 Å². The number of thiophene rings is 1. The van der Waals surface area contributed by atoms with E-state index in [0.717, 1.165) is 22.5 Å². The first kappa shape index (κ1) is 22.3. The summed E-state index contributed by atoms with van der Waals surface area (Å²) in [6.45, 7) is 8.01. The number of aryl methyl sites for hydroxylation is 2. The molecular weight excluding hydrogens is 394 g/mol. The SMILES string of the molecule is CCOC(=O)c1c(NC(=O)COC(=O)c2cc(C)cc(C)c2)sc(C(C)=O)c1C. The summed E-state index contributed by atoms with van der Waals surface area (Å²) in [5, 5.41) is 2.74. The average Bonchev–Trinajstić information content (AvgIpc) is 2.95. The summed E-state index contributed by atoms with van der Waals surface area (Å²) >= 11 is 0.988. The molecule has 1 N–H and O–H groups in total. The number of Topliss-reactive ketones (excluding diaryl/α,β-unsaturated/α-hetero) is 1. The highest BCUT2D eigenvalue weighted by atomic mass is 32.1. The third-order valence-corrected chi connectivity index (χ3v) is 5.30. The second-order valence-corrected chi connectivity index (χ2v) is 7.56. The van der Waals surface area contributed by atoms with Gasteiger partial charge >= 0.3 is 11.9 Å². The van der Waals surface area contributed by atoms with E-state index in [-0.39, 0.29) is 23.0 Å². The number of carbonyl (C=O) groups excluding carboxylic acids is 4. The number of nitrogens with one attached hydrogen (secondary N) is 1. The van der Waals surface area contributed by atoms with Crippen LogP contribution in [0.5, 0.6) is 0 Å². The van der Waals surface area contributed by atoms with E-state index in [4.69, 9.17) is 9.47 Å². The van der Waals surface area contributed by atoms with Crippen LogP contribution >= 0.6 is 11.3 Å². The topological polar surface area (TPSA) is 98.8 Å². The fraction of sp³-hybridized carbons (Fsp3) is 0.333. The van der Waals surface area contributed by atoms with Gasteiger partial charge in [0.1, 0.15) is 5.00 Å². The van der Waals surface area contributed by atoms with E-state index < -0.39 is 24.5 Å². The maximum atomic E-state index is 12.3. The van der Waals surface area contributed by atoms with Crippen LogP contribution < -0.4 is 5.32 Å². The van der Waals surface area contributed by atoms with Crippen LogP contribution in [0.15, 0.2) is 18.2 Å². The summed E-state index contributed by atoms with van der Waals surface area (Å²) in [5.41, 5.74) is 2.76. The van der Waals surface area contributed by atoms with Crippen LogP contribution in [0.2, 0.25) is 0 Å². The van der Waals surface area contributed by atoms with E-state index >= 15 is 0 Å². The highest BCUT2D eigenvalue weighted by Gasteiger charge is 2.25. The van der Waals surface area contributed by atoms with Crippen LogP contribution in [0, 0.1) is 20.8 Å². The Morgan fingerprint density at radius 3 is 2.14 bits per heavy atom. The van der Waals surface area contributed by atoms with E-state index in [0.29, 0.717) is 16.0 Å². The fourth-order valence-corrected chi connectivity index (χ4v) is 3.96. The maximum absolute atomic E-state index is 12.3. The van der Waals surface area contributed by atoms with Gasteiger partial charge < -0.3 is 14.8 Å². The van der Waals surface area contributed by atoms with Crippen molar-refractivity contribution in [3.05, 3.63) is 50.9 Å². The summed E-state index contributed by atoms with van der Waals surface area (Å²) in [4.78, 5) is 48.9. The molecule has 0 aliphatic carbocycles. The molecule has 0 saturated carbocycles. The number of benzene rings is 1. The molecule has 1 heterocycles. The zero-order valence-electron chi connectivity index (χ0n) is 17.0. The van der Waals surface area contributed by atoms with Crippen molar-refractivity contribution in [2.24, 2.45) is 0 Å². The molecule has 0 radical (unpaired) electrons. The Kier molecular flexibility index (Phi) is 7.28. The summed E-state index contributed by atoms with van der Waals surface area (Å²) in [6.07, 6.45) is 0. The molecule has 0 saturated heterocycles. The Bertz CT molecular complexity index is 956. The third-order valence-electron chi connectivity index (χ3n) is 3.99. The molecule has 2 rings (SSSR count). The first-order chi connectivity index (χ1) is 13.6. The fourth-order valence-electron chi connectivity index (χ4n) is 2.86. The number of ketones is 1. The zero-order chi connectivity index (χ0) is 21.7. The maximum Gasteiger partial charge on any atom is 0.341 e. The molecule has 1 aromatic heterocycles. The van der Waals surface area contributed by atoms with Gasteiger partial charge in [-0.05, 0) is 52.3 Å². The standard InChI is InChI=1S/C21H23NO6S/c1-6-27-21(26)17-13(4)18(14(5)23)29-19(17)22-16(24)10-28-20(25)15-8-11(2)7-12(3)9-15/h7-9H,6,10H2,1-5H3,(H,22,24). The van der Waals surface area contributed by atoms with Crippen molar-refractivity contribution < 1.29 is 28.7 Å². The lowest BCUT2D eigenvalue weighted by molar-refractivity contribution is -0.119. The van der Waals surface area contributed by atoms with E-state index in [2.05, 4.69) is 5.32 Å². The van der Waals surface area contributed by atoms with Crippen molar-refractivity contribution in [3.8, 4) is 0 Å². The lowest BCUT2D eigenvalue weighted by Crippen LogP contribution is -2.22. The lowest BCUT2D eigenvalue weighted by atomic mass is 10.1. The first-order valence-electron chi connectivity index (χ1n) is 9.00. The molecule has 154 valence electrons. The predicted molar refractivity (Wildman–Crippen MR) is 110 cm³/mol. The van der Waals surface area contributed by atoms with Gasteiger partial charge in [-0.1, -0.05) is 17.2 Å². The minimum absolute atomic E-state index is 0.135. The van der Waals surface area contributed by atoms with Gasteiger partial charge in [-0.3, -0.25) is 9.59 Å². The number of ether oxygens (including phenoxy) is 2. The van der Waals surface area contributed by atoms with Gasteiger partial charge in [-0.2, -0.15) is 0 Å². The Balaban J connectivity index is 2.13. The van der Waals surface area contributed by atoms with E-state index in [9.17, 15) is 19.2 Å². The number of amides is 1. The molecule has 0 spiro atoms. The van der Waals surface area contributed by atoms with Gasteiger partial charge in [-0.15, -0.1) is 11.3 Å². The molecule has 0 fully saturated rings. The van der Waals surface area contributed by atoms with Gasteiger partial charge in [0, 0.05) is 0 Å². The number of hydrogen-bond donors (Lipinski definition) is 1. The highest BCUT2D eigenvalue weighted by Crippen LogP contribution is 2.34. The quantitative estimate of drug-likeness (QED) is 0.543. The minimum Gasteiger partial charge on any atom is -0.462 e. The number of esters is 2. The molecule has 8 heteroatoms. The van der Waals surface area contributed by atoms with Crippen molar-refractivity contribution in [2.75, 3.05) is 18.5 Å². The summed E-state index contributed by atoms with van der Waals surface area (Å²) in [6, 6.07) is 5.27. The number of carbonyl (C=O) groups is 4. The Hall–Kier alpha value is -3.00. The average molecular weight is 417 g/mol. The molecule has 0 unspecified atom stereocenters. The van der Waals surface area contributed by atoms with E-state index in [1.807, 2.05) is 19.9 Å². The monoisotopic (exact) mass is 417 g/mol. The summed E-state index contributed by atoms with van der Waals surface area (Å²) in [7, 11) is 0. The molecule has 1 amide bonds. The Labute approximate surface area is 173 Å². The van der Waals surface area contributed by atoms with Gasteiger partial charge in [0.25, 0.3) is 5.91 Å². The molecule has 0 aliphatic heterocycles. The smallest absolute Gasteiger partial charge is 0.341 e. The largest absolute Gasteiger partial charge is 0.462 e. The molecular formula is C21H23NO6S. The van der Waals surface area contributed by atoms with Crippen molar-refractivity contribution in [3.63, 3.8) is 0 Å². The van der Waals surface area contributed by atoms with Gasteiger partial charge in [-0.25, -0.2) is 9.59 Å². The van der Waals surface area contributed by atoms with E-state index in [1.54, 1.807) is 26.0 Å². The predicted octanol–water partition coefficient (Wildman–Crippen LogP) is 3.85. The normalized spacial score (nSPS) is 10.4. The second kappa shape index (κ2) is 9.47. The summed E-state index contributed by atoms with van der Waals surface area (Å²) in [5.74, 6) is -2.09. The van der Waals surface area contributed by atoms with Crippen LogP contribution in [-0.4, -0.2) is 36.8 Å². The molecule has 2 aromatic rings. The highest BCUT2D eigenvalue weighted by molar-refractivity contribution is 7.18. The van der Waals surface area contributed by atoms with E-state index in [1.165, 1.54) is 6.92 Å². The molecule has 7 nitrogen and oxygen atoms in total. The van der Waals surface area contributed by atoms with Crippen LogP contribution in [0.25, 0.3) is 0 Å². The van der Waals surface area contributed by atoms with Crippen LogP contribution in [0.3, 0.4) is 0 Å². The Morgan fingerprint density at radius 1 is 0.966 bits per heavy atom. The van der Waals surface area contributed by atoms with Crippen molar-refractivity contribution in [1.29, 1.82) is 0 Å². The molecule has 29 heavy (non-hydrogen) atoms. The van der Waals surface area contributed by atoms with Crippen LogP contribution in [-0.2, 0) is 14.3 Å². The first-order valence-corrected chi connectivity index (χ1v) is 9.82. The second-order valence-electron chi connectivity index (χ2n) is 6.54. The van der Waals surface area contributed by atoms with Gasteiger partial charge in [0.05, 0.1) is 22.6 Å². The molecule has 0 aliphatic rings. The zero-order valence-corrected chi connectivity index (χ0v) is 17.8. The Morgan fingerprint density at radius 2 is 1.59 bits per heavy atom. The van der Waals surface area contributed by atoms with Crippen molar-refractivity contribution >= 4 is 40.0 Å². The molecule has 0 bridgehead atoms. The molecule has 0 atom stereocenters. The summed E-state index contributed by atoms with van der Waals surface area (Å²) < 4.78 is 10.1. The van der Waals surface area contributed by atoms with Crippen molar-refractivity contribution in [1.82, 2.24) is 0 Å².